The van der Waals surface area contributed by atoms with Gasteiger partial charge in [0.05, 0.1) is 6.42 Å². The SMILES string of the molecule is CC(C)=CCC(NC(=O)OCC1c2ccccc2-c2ccccc21)C(=O)N1CCC[C@@H]1CC(=O)O. The van der Waals surface area contributed by atoms with Crippen LogP contribution in [0.4, 0.5) is 4.79 Å². The number of benzene rings is 2. The van der Waals surface area contributed by atoms with Crippen molar-refractivity contribution in [3.63, 3.8) is 0 Å². The topological polar surface area (TPSA) is 95.9 Å². The molecule has 1 aliphatic carbocycles. The van der Waals surface area contributed by atoms with Gasteiger partial charge in [-0.15, -0.1) is 0 Å². The van der Waals surface area contributed by atoms with Crippen LogP contribution in [0.5, 0.6) is 0 Å². The van der Waals surface area contributed by atoms with Gasteiger partial charge in [0, 0.05) is 18.5 Å². The average molecular weight is 477 g/mol. The third-order valence-corrected chi connectivity index (χ3v) is 6.77. The number of ether oxygens (including phenoxy) is 1. The molecule has 7 heteroatoms. The van der Waals surface area contributed by atoms with Crippen molar-refractivity contribution in [2.45, 2.75) is 57.5 Å². The summed E-state index contributed by atoms with van der Waals surface area (Å²) in [6, 6.07) is 15.1. The van der Waals surface area contributed by atoms with Gasteiger partial charge in [-0.05, 0) is 55.4 Å². The molecule has 0 bridgehead atoms. The number of rotatable bonds is 8. The van der Waals surface area contributed by atoms with Gasteiger partial charge >= 0.3 is 12.1 Å². The number of fused-ring (bicyclic) bond motifs is 3. The van der Waals surface area contributed by atoms with E-state index in [9.17, 15) is 19.5 Å². The molecule has 184 valence electrons. The number of hydrogen-bond donors (Lipinski definition) is 2. The van der Waals surface area contributed by atoms with Gasteiger partial charge in [-0.1, -0.05) is 60.2 Å². The minimum atomic E-state index is -0.931. The van der Waals surface area contributed by atoms with Crippen LogP contribution in [0.25, 0.3) is 11.1 Å². The van der Waals surface area contributed by atoms with Gasteiger partial charge in [-0.3, -0.25) is 9.59 Å². The number of hydrogen-bond acceptors (Lipinski definition) is 4. The van der Waals surface area contributed by atoms with Gasteiger partial charge in [0.25, 0.3) is 0 Å². The Balaban J connectivity index is 1.45. The molecule has 2 amide bonds. The lowest BCUT2D eigenvalue weighted by Gasteiger charge is -2.28. The van der Waals surface area contributed by atoms with E-state index in [4.69, 9.17) is 4.74 Å². The van der Waals surface area contributed by atoms with Crippen LogP contribution in [0, 0.1) is 0 Å². The highest BCUT2D eigenvalue weighted by Crippen LogP contribution is 2.44. The van der Waals surface area contributed by atoms with Crippen LogP contribution in [0.1, 0.15) is 56.6 Å². The van der Waals surface area contributed by atoms with Gasteiger partial charge in [-0.25, -0.2) is 4.79 Å². The monoisotopic (exact) mass is 476 g/mol. The number of carbonyl (C=O) groups excluding carboxylic acids is 2. The second-order valence-electron chi connectivity index (χ2n) is 9.47. The van der Waals surface area contributed by atoms with E-state index in [-0.39, 0.29) is 30.9 Å². The Morgan fingerprint density at radius 2 is 1.71 bits per heavy atom. The highest BCUT2D eigenvalue weighted by Gasteiger charge is 2.35. The Kier molecular flexibility index (Phi) is 7.54. The fourth-order valence-corrected chi connectivity index (χ4v) is 5.10. The Labute approximate surface area is 205 Å². The zero-order valence-electron chi connectivity index (χ0n) is 20.2. The molecular weight excluding hydrogens is 444 g/mol. The minimum Gasteiger partial charge on any atom is -0.481 e. The second kappa shape index (κ2) is 10.8. The van der Waals surface area contributed by atoms with Gasteiger partial charge in [0.15, 0.2) is 0 Å². The first-order valence-electron chi connectivity index (χ1n) is 12.1. The van der Waals surface area contributed by atoms with Crippen molar-refractivity contribution in [1.29, 1.82) is 0 Å². The van der Waals surface area contributed by atoms with E-state index in [1.165, 1.54) is 0 Å². The first-order valence-corrected chi connectivity index (χ1v) is 12.1. The van der Waals surface area contributed by atoms with E-state index < -0.39 is 18.1 Å². The van der Waals surface area contributed by atoms with E-state index in [2.05, 4.69) is 29.6 Å². The van der Waals surface area contributed by atoms with Gasteiger partial charge in [-0.2, -0.15) is 0 Å². The first-order chi connectivity index (χ1) is 16.8. The lowest BCUT2D eigenvalue weighted by Crippen LogP contribution is -2.50. The molecule has 1 saturated heterocycles. The molecule has 2 aromatic rings. The highest BCUT2D eigenvalue weighted by atomic mass is 16.5. The summed E-state index contributed by atoms with van der Waals surface area (Å²) < 4.78 is 5.65. The number of likely N-dealkylation sites (tertiary alicyclic amines) is 1. The average Bonchev–Trinajstić information content (AvgIpc) is 3.42. The van der Waals surface area contributed by atoms with Gasteiger partial charge in [0.2, 0.25) is 5.91 Å². The van der Waals surface area contributed by atoms with Crippen molar-refractivity contribution in [2.75, 3.05) is 13.2 Å². The van der Waals surface area contributed by atoms with Crippen LogP contribution in [-0.2, 0) is 14.3 Å². The minimum absolute atomic E-state index is 0.0707. The Hall–Kier alpha value is -3.61. The quantitative estimate of drug-likeness (QED) is 0.538. The van der Waals surface area contributed by atoms with Crippen LogP contribution >= 0.6 is 0 Å². The number of allylic oxidation sites excluding steroid dienone is 1. The number of carboxylic acids is 1. The first kappa shape index (κ1) is 24.5. The molecular formula is C28H32N2O5. The second-order valence-corrected chi connectivity index (χ2v) is 9.47. The molecule has 1 aliphatic heterocycles. The van der Waals surface area contributed by atoms with Crippen LogP contribution in [0.3, 0.4) is 0 Å². The predicted octanol–water partition coefficient (Wildman–Crippen LogP) is 4.72. The maximum absolute atomic E-state index is 13.3. The molecule has 2 aromatic carbocycles. The summed E-state index contributed by atoms with van der Waals surface area (Å²) in [4.78, 5) is 39.0. The number of alkyl carbamates (subject to hydrolysis) is 1. The van der Waals surface area contributed by atoms with Crippen LogP contribution in [-0.4, -0.2) is 53.2 Å². The third-order valence-electron chi connectivity index (χ3n) is 6.77. The smallest absolute Gasteiger partial charge is 0.407 e. The molecule has 2 N–H and O–H groups in total. The lowest BCUT2D eigenvalue weighted by atomic mass is 9.98. The van der Waals surface area contributed by atoms with Crippen molar-refractivity contribution in [3.8, 4) is 11.1 Å². The zero-order chi connectivity index (χ0) is 24.9. The van der Waals surface area contributed by atoms with E-state index in [1.54, 1.807) is 4.90 Å². The summed E-state index contributed by atoms with van der Waals surface area (Å²) in [6.45, 7) is 4.51. The summed E-state index contributed by atoms with van der Waals surface area (Å²) in [6.07, 6.45) is 2.88. The van der Waals surface area contributed by atoms with E-state index in [0.717, 1.165) is 34.2 Å². The maximum atomic E-state index is 13.3. The standard InChI is InChI=1S/C28H32N2O5/c1-18(2)13-14-25(27(33)30-15-7-8-19(30)16-26(31)32)29-28(34)35-17-24-22-11-5-3-9-20(22)21-10-4-6-12-23(21)24/h3-6,9-13,19,24-25H,7-8,14-17H2,1-2H3,(H,29,34)(H,31,32)/t19-,25?/m1/s1. The molecule has 4 rings (SSSR count). The number of amides is 2. The van der Waals surface area contributed by atoms with Gasteiger partial charge in [0.1, 0.15) is 12.6 Å². The van der Waals surface area contributed by atoms with Crippen molar-refractivity contribution in [1.82, 2.24) is 10.2 Å². The predicted molar refractivity (Wildman–Crippen MR) is 133 cm³/mol. The largest absolute Gasteiger partial charge is 0.481 e. The maximum Gasteiger partial charge on any atom is 0.407 e. The number of nitrogens with zero attached hydrogens (tertiary/aromatic N) is 1. The summed E-state index contributed by atoms with van der Waals surface area (Å²) in [7, 11) is 0. The Bertz CT molecular complexity index is 1090. The van der Waals surface area contributed by atoms with Crippen molar-refractivity contribution in [3.05, 3.63) is 71.3 Å². The zero-order valence-corrected chi connectivity index (χ0v) is 20.2. The highest BCUT2D eigenvalue weighted by molar-refractivity contribution is 5.87. The van der Waals surface area contributed by atoms with Crippen molar-refractivity contribution < 1.29 is 24.2 Å². The fraction of sp³-hybridized carbons (Fsp3) is 0.393. The summed E-state index contributed by atoms with van der Waals surface area (Å²) in [5.74, 6) is -1.27. The fourth-order valence-electron chi connectivity index (χ4n) is 5.10. The molecule has 0 radical (unpaired) electrons. The molecule has 1 unspecified atom stereocenters. The normalized spacial score (nSPS) is 17.3. The van der Waals surface area contributed by atoms with Gasteiger partial charge < -0.3 is 20.1 Å². The summed E-state index contributed by atoms with van der Waals surface area (Å²) in [5.41, 5.74) is 5.56. The number of carboxylic acid groups (broad SMARTS) is 1. The van der Waals surface area contributed by atoms with E-state index in [0.29, 0.717) is 19.4 Å². The number of nitrogens with one attached hydrogen (secondary N) is 1. The number of aliphatic carboxylic acids is 1. The summed E-state index contributed by atoms with van der Waals surface area (Å²) >= 11 is 0. The van der Waals surface area contributed by atoms with Crippen LogP contribution in [0.15, 0.2) is 60.2 Å². The Morgan fingerprint density at radius 1 is 1.09 bits per heavy atom. The molecule has 7 nitrogen and oxygen atoms in total. The van der Waals surface area contributed by atoms with Crippen molar-refractivity contribution >= 4 is 18.0 Å². The van der Waals surface area contributed by atoms with E-state index >= 15 is 0 Å². The third kappa shape index (κ3) is 5.56. The lowest BCUT2D eigenvalue weighted by molar-refractivity contribution is -0.140. The van der Waals surface area contributed by atoms with Crippen LogP contribution in [0.2, 0.25) is 0 Å². The molecule has 0 saturated carbocycles. The summed E-state index contributed by atoms with van der Waals surface area (Å²) in [5, 5.41) is 12.0. The van der Waals surface area contributed by atoms with Crippen molar-refractivity contribution in [2.24, 2.45) is 0 Å². The van der Waals surface area contributed by atoms with Crippen LogP contribution < -0.4 is 5.32 Å². The molecule has 35 heavy (non-hydrogen) atoms. The molecule has 2 atom stereocenters. The molecule has 0 aromatic heterocycles. The van der Waals surface area contributed by atoms with E-state index in [1.807, 2.05) is 44.2 Å². The molecule has 0 spiro atoms. The Morgan fingerprint density at radius 3 is 2.31 bits per heavy atom. The molecule has 1 fully saturated rings. The molecule has 1 heterocycles. The molecule has 2 aliphatic rings. The number of carbonyl (C=O) groups is 3.